The molecule has 1 aromatic carbocycles. The Morgan fingerprint density at radius 2 is 1.83 bits per heavy atom. The summed E-state index contributed by atoms with van der Waals surface area (Å²) in [5.41, 5.74) is -0.200. The van der Waals surface area contributed by atoms with Gasteiger partial charge in [0, 0.05) is 22.2 Å². The fourth-order valence-corrected chi connectivity index (χ4v) is 2.23. The lowest BCUT2D eigenvalue weighted by Crippen LogP contribution is -2.49. The van der Waals surface area contributed by atoms with Gasteiger partial charge in [-0.15, -0.1) is 0 Å². The van der Waals surface area contributed by atoms with Crippen LogP contribution < -0.4 is 0 Å². The molecule has 0 radical (unpaired) electrons. The Balaban J connectivity index is 3.04. The van der Waals surface area contributed by atoms with E-state index in [0.29, 0.717) is 23.1 Å². The maximum absolute atomic E-state index is 11.3. The summed E-state index contributed by atoms with van der Waals surface area (Å²) in [7, 11) is 0. The van der Waals surface area contributed by atoms with Gasteiger partial charge in [-0.05, 0) is 32.5 Å². The van der Waals surface area contributed by atoms with Gasteiger partial charge in [0.15, 0.2) is 0 Å². The summed E-state index contributed by atoms with van der Waals surface area (Å²) in [6, 6.07) is 5.28. The molecule has 0 saturated carbocycles. The lowest BCUT2D eigenvalue weighted by molar-refractivity contribution is -0.149. The second-order valence-electron chi connectivity index (χ2n) is 4.58. The molecule has 0 fully saturated rings. The van der Waals surface area contributed by atoms with E-state index in [1.54, 1.807) is 32.0 Å². The molecule has 1 rings (SSSR count). The highest BCUT2D eigenvalue weighted by Crippen LogP contribution is 2.28. The Morgan fingerprint density at radius 1 is 1.33 bits per heavy atom. The minimum atomic E-state index is -0.961. The molecule has 1 aromatic rings. The highest BCUT2D eigenvalue weighted by atomic mass is 35.5. The zero-order chi connectivity index (χ0) is 13.9. The predicted octanol–water partition coefficient (Wildman–Crippen LogP) is 3.68. The number of hydrogen-bond donors (Lipinski definition) is 1. The number of hydrogen-bond acceptors (Lipinski definition) is 2. The lowest BCUT2D eigenvalue weighted by atomic mass is 10.0. The standard InChI is InChI=1S/C13H17Cl2NO2/c1-4-16(13(2,3)12(17)18)8-9-10(14)6-5-7-11(9)15/h5-7H,4,8H2,1-3H3,(H,17,18). The largest absolute Gasteiger partial charge is 0.480 e. The van der Waals surface area contributed by atoms with E-state index in [9.17, 15) is 9.90 Å². The number of benzene rings is 1. The Hall–Kier alpha value is -0.770. The van der Waals surface area contributed by atoms with Gasteiger partial charge in [-0.3, -0.25) is 9.69 Å². The van der Waals surface area contributed by atoms with E-state index in [-0.39, 0.29) is 0 Å². The van der Waals surface area contributed by atoms with Crippen LogP contribution in [0.3, 0.4) is 0 Å². The van der Waals surface area contributed by atoms with Crippen LogP contribution in [0.15, 0.2) is 18.2 Å². The molecule has 0 aliphatic rings. The van der Waals surface area contributed by atoms with E-state index >= 15 is 0 Å². The van der Waals surface area contributed by atoms with Crippen LogP contribution in [0.25, 0.3) is 0 Å². The van der Waals surface area contributed by atoms with Gasteiger partial charge in [0.2, 0.25) is 0 Å². The van der Waals surface area contributed by atoms with Crippen LogP contribution in [-0.4, -0.2) is 28.1 Å². The van der Waals surface area contributed by atoms with Crippen LogP contribution >= 0.6 is 23.2 Å². The van der Waals surface area contributed by atoms with Crippen LogP contribution in [-0.2, 0) is 11.3 Å². The van der Waals surface area contributed by atoms with Crippen molar-refractivity contribution in [1.29, 1.82) is 0 Å². The number of rotatable bonds is 5. The smallest absolute Gasteiger partial charge is 0.323 e. The summed E-state index contributed by atoms with van der Waals surface area (Å²) in [4.78, 5) is 13.1. The summed E-state index contributed by atoms with van der Waals surface area (Å²) >= 11 is 12.2. The van der Waals surface area contributed by atoms with Crippen molar-refractivity contribution >= 4 is 29.2 Å². The molecule has 0 aliphatic carbocycles. The van der Waals surface area contributed by atoms with Crippen molar-refractivity contribution in [2.24, 2.45) is 0 Å². The molecule has 0 spiro atoms. The molecule has 18 heavy (non-hydrogen) atoms. The normalized spacial score (nSPS) is 11.9. The molecule has 0 amide bonds. The van der Waals surface area contributed by atoms with Gasteiger partial charge in [-0.1, -0.05) is 36.2 Å². The van der Waals surface area contributed by atoms with Gasteiger partial charge in [0.05, 0.1) is 0 Å². The summed E-state index contributed by atoms with van der Waals surface area (Å²) < 4.78 is 0. The first-order valence-corrected chi connectivity index (χ1v) is 6.47. The first kappa shape index (κ1) is 15.3. The van der Waals surface area contributed by atoms with Crippen molar-refractivity contribution in [3.8, 4) is 0 Å². The lowest BCUT2D eigenvalue weighted by Gasteiger charge is -2.34. The minimum Gasteiger partial charge on any atom is -0.480 e. The van der Waals surface area contributed by atoms with Gasteiger partial charge in [0.1, 0.15) is 5.54 Å². The molecule has 5 heteroatoms. The number of aliphatic carboxylic acids is 1. The Kier molecular flexibility index (Phi) is 5.02. The average molecular weight is 290 g/mol. The summed E-state index contributed by atoms with van der Waals surface area (Å²) in [6.45, 7) is 6.26. The summed E-state index contributed by atoms with van der Waals surface area (Å²) in [5.74, 6) is -0.868. The fourth-order valence-electron chi connectivity index (χ4n) is 1.71. The van der Waals surface area contributed by atoms with E-state index in [2.05, 4.69) is 0 Å². The fraction of sp³-hybridized carbons (Fsp3) is 0.462. The van der Waals surface area contributed by atoms with Crippen molar-refractivity contribution in [2.45, 2.75) is 32.9 Å². The second-order valence-corrected chi connectivity index (χ2v) is 5.39. The zero-order valence-corrected chi connectivity index (χ0v) is 12.2. The van der Waals surface area contributed by atoms with Crippen molar-refractivity contribution in [3.05, 3.63) is 33.8 Å². The highest BCUT2D eigenvalue weighted by Gasteiger charge is 2.34. The van der Waals surface area contributed by atoms with Crippen LogP contribution in [0.4, 0.5) is 0 Å². The first-order valence-electron chi connectivity index (χ1n) is 5.72. The van der Waals surface area contributed by atoms with Gasteiger partial charge in [-0.2, -0.15) is 0 Å². The topological polar surface area (TPSA) is 40.5 Å². The van der Waals surface area contributed by atoms with Gasteiger partial charge < -0.3 is 5.11 Å². The van der Waals surface area contributed by atoms with Crippen molar-refractivity contribution in [1.82, 2.24) is 4.90 Å². The third kappa shape index (κ3) is 3.16. The average Bonchev–Trinajstić information content (AvgIpc) is 2.28. The van der Waals surface area contributed by atoms with E-state index in [0.717, 1.165) is 5.56 Å². The van der Waals surface area contributed by atoms with Crippen molar-refractivity contribution in [2.75, 3.05) is 6.54 Å². The predicted molar refractivity (Wildman–Crippen MR) is 74.3 cm³/mol. The molecule has 1 N–H and O–H groups in total. The number of likely N-dealkylation sites (N-methyl/N-ethyl adjacent to an activating group) is 1. The third-order valence-corrected chi connectivity index (χ3v) is 3.81. The Bertz CT molecular complexity index is 426. The molecule has 0 aromatic heterocycles. The van der Waals surface area contributed by atoms with Gasteiger partial charge in [0.25, 0.3) is 0 Å². The second kappa shape index (κ2) is 5.91. The number of carbonyl (C=O) groups is 1. The summed E-state index contributed by atoms with van der Waals surface area (Å²) in [6.07, 6.45) is 0. The Labute approximate surface area is 117 Å². The quantitative estimate of drug-likeness (QED) is 0.899. The molecule has 0 saturated heterocycles. The van der Waals surface area contributed by atoms with Crippen molar-refractivity contribution in [3.63, 3.8) is 0 Å². The van der Waals surface area contributed by atoms with E-state index < -0.39 is 11.5 Å². The molecule has 0 bridgehead atoms. The molecule has 0 unspecified atom stereocenters. The number of nitrogens with zero attached hydrogens (tertiary/aromatic N) is 1. The third-order valence-electron chi connectivity index (χ3n) is 3.11. The van der Waals surface area contributed by atoms with Crippen LogP contribution in [0.2, 0.25) is 10.0 Å². The van der Waals surface area contributed by atoms with Gasteiger partial charge in [-0.25, -0.2) is 0 Å². The van der Waals surface area contributed by atoms with Crippen LogP contribution in [0, 0.1) is 0 Å². The molecule has 100 valence electrons. The van der Waals surface area contributed by atoms with Gasteiger partial charge >= 0.3 is 5.97 Å². The highest BCUT2D eigenvalue weighted by molar-refractivity contribution is 6.35. The van der Waals surface area contributed by atoms with E-state index in [4.69, 9.17) is 23.2 Å². The number of carboxylic acids is 1. The maximum Gasteiger partial charge on any atom is 0.323 e. The zero-order valence-electron chi connectivity index (χ0n) is 10.7. The molecular weight excluding hydrogens is 273 g/mol. The first-order chi connectivity index (χ1) is 8.30. The molecule has 0 heterocycles. The molecule has 0 aliphatic heterocycles. The van der Waals surface area contributed by atoms with Crippen LogP contribution in [0.5, 0.6) is 0 Å². The SMILES string of the molecule is CCN(Cc1c(Cl)cccc1Cl)C(C)(C)C(=O)O. The monoisotopic (exact) mass is 289 g/mol. The molecule has 0 atom stereocenters. The van der Waals surface area contributed by atoms with Crippen molar-refractivity contribution < 1.29 is 9.90 Å². The molecule has 3 nitrogen and oxygen atoms in total. The number of halogens is 2. The number of carboxylic acid groups (broad SMARTS) is 1. The minimum absolute atomic E-state index is 0.411. The maximum atomic E-state index is 11.3. The van der Waals surface area contributed by atoms with Crippen LogP contribution in [0.1, 0.15) is 26.3 Å². The van der Waals surface area contributed by atoms with E-state index in [1.165, 1.54) is 0 Å². The van der Waals surface area contributed by atoms with E-state index in [1.807, 2.05) is 11.8 Å². The molecular formula is C13H17Cl2NO2. The summed E-state index contributed by atoms with van der Waals surface area (Å²) in [5, 5.41) is 10.4. The Morgan fingerprint density at radius 3 is 2.22 bits per heavy atom.